The molecular formula is C19H16FN5O2. The van der Waals surface area contributed by atoms with Crippen molar-refractivity contribution in [1.82, 2.24) is 24.8 Å². The molecule has 0 aliphatic heterocycles. The van der Waals surface area contributed by atoms with Crippen molar-refractivity contribution < 1.29 is 13.9 Å². The maximum absolute atomic E-state index is 13.2. The van der Waals surface area contributed by atoms with Crippen LogP contribution in [0.4, 0.5) is 4.39 Å². The number of fused-ring (bicyclic) bond motifs is 1. The molecule has 0 saturated carbocycles. The van der Waals surface area contributed by atoms with Gasteiger partial charge in [0.15, 0.2) is 5.65 Å². The highest BCUT2D eigenvalue weighted by Gasteiger charge is 2.15. The molecular weight excluding hydrogens is 349 g/mol. The number of pyridine rings is 1. The average Bonchev–Trinajstić information content (AvgIpc) is 3.30. The van der Waals surface area contributed by atoms with Gasteiger partial charge in [0, 0.05) is 29.1 Å². The Bertz CT molecular complexity index is 1100. The molecule has 3 aromatic heterocycles. The summed E-state index contributed by atoms with van der Waals surface area (Å²) in [6.45, 7) is 2.07. The molecule has 27 heavy (non-hydrogen) atoms. The fourth-order valence-corrected chi connectivity index (χ4v) is 2.90. The number of carbonyl (C=O) groups is 1. The Balaban J connectivity index is 1.74. The van der Waals surface area contributed by atoms with Crippen LogP contribution in [0.15, 0.2) is 48.8 Å². The molecule has 1 N–H and O–H groups in total. The van der Waals surface area contributed by atoms with Gasteiger partial charge < -0.3 is 4.74 Å². The van der Waals surface area contributed by atoms with Crippen LogP contribution in [0.3, 0.4) is 0 Å². The third-order valence-corrected chi connectivity index (χ3v) is 4.15. The van der Waals surface area contributed by atoms with Crippen LogP contribution in [0.2, 0.25) is 0 Å². The van der Waals surface area contributed by atoms with Crippen LogP contribution in [0.5, 0.6) is 0 Å². The average molecular weight is 365 g/mol. The molecule has 0 unspecified atom stereocenters. The van der Waals surface area contributed by atoms with Gasteiger partial charge in [0.1, 0.15) is 18.1 Å². The maximum Gasteiger partial charge on any atom is 0.313 e. The van der Waals surface area contributed by atoms with Gasteiger partial charge >= 0.3 is 5.97 Å². The monoisotopic (exact) mass is 365 g/mol. The highest BCUT2D eigenvalue weighted by Crippen LogP contribution is 2.30. The van der Waals surface area contributed by atoms with E-state index in [1.165, 1.54) is 12.1 Å². The van der Waals surface area contributed by atoms with E-state index < -0.39 is 0 Å². The van der Waals surface area contributed by atoms with Crippen LogP contribution in [0, 0.1) is 5.82 Å². The van der Waals surface area contributed by atoms with Crippen molar-refractivity contribution in [3.8, 4) is 22.4 Å². The number of nitrogens with one attached hydrogen (secondary N) is 1. The Morgan fingerprint density at radius 1 is 1.15 bits per heavy atom. The van der Waals surface area contributed by atoms with Crippen molar-refractivity contribution in [3.05, 3.63) is 60.4 Å². The minimum Gasteiger partial charge on any atom is -0.466 e. The molecule has 0 spiro atoms. The van der Waals surface area contributed by atoms with E-state index in [0.29, 0.717) is 23.8 Å². The second-order valence-corrected chi connectivity index (χ2v) is 5.90. The lowest BCUT2D eigenvalue weighted by molar-refractivity contribution is -0.142. The third-order valence-electron chi connectivity index (χ3n) is 4.15. The van der Waals surface area contributed by atoms with E-state index in [-0.39, 0.29) is 18.2 Å². The Kier molecular flexibility index (Phi) is 4.37. The Morgan fingerprint density at radius 3 is 2.70 bits per heavy atom. The Labute approximate surface area is 153 Å². The molecule has 0 amide bonds. The van der Waals surface area contributed by atoms with Crippen molar-refractivity contribution in [1.29, 1.82) is 0 Å². The molecule has 136 valence electrons. The van der Waals surface area contributed by atoms with Crippen molar-refractivity contribution in [2.24, 2.45) is 0 Å². The molecule has 0 fully saturated rings. The summed E-state index contributed by atoms with van der Waals surface area (Å²) < 4.78 is 20.0. The summed E-state index contributed by atoms with van der Waals surface area (Å²) in [4.78, 5) is 11.8. The fourth-order valence-electron chi connectivity index (χ4n) is 2.90. The molecule has 1 aromatic carbocycles. The molecule has 4 rings (SSSR count). The number of H-pyrrole nitrogens is 1. The van der Waals surface area contributed by atoms with E-state index >= 15 is 0 Å². The van der Waals surface area contributed by atoms with E-state index in [4.69, 9.17) is 4.74 Å². The van der Waals surface area contributed by atoms with Crippen LogP contribution in [-0.2, 0) is 16.0 Å². The highest BCUT2D eigenvalue weighted by molar-refractivity contribution is 5.80. The zero-order valence-corrected chi connectivity index (χ0v) is 14.5. The Morgan fingerprint density at radius 2 is 1.93 bits per heavy atom. The number of benzene rings is 1. The normalized spacial score (nSPS) is 11.0. The molecule has 0 atom stereocenters. The first-order chi connectivity index (χ1) is 13.2. The van der Waals surface area contributed by atoms with E-state index in [0.717, 1.165) is 16.7 Å². The van der Waals surface area contributed by atoms with Crippen LogP contribution in [-0.4, -0.2) is 37.4 Å². The summed E-state index contributed by atoms with van der Waals surface area (Å²) in [6.07, 6.45) is 3.66. The summed E-state index contributed by atoms with van der Waals surface area (Å²) in [5, 5.41) is 15.3. The number of ether oxygens (including phenoxy) is 1. The molecule has 0 aliphatic rings. The summed E-state index contributed by atoms with van der Waals surface area (Å²) in [5.41, 5.74) is 3.84. The second-order valence-electron chi connectivity index (χ2n) is 5.90. The molecule has 4 aromatic rings. The quantitative estimate of drug-likeness (QED) is 0.550. The molecule has 7 nitrogen and oxygen atoms in total. The largest absolute Gasteiger partial charge is 0.466 e. The van der Waals surface area contributed by atoms with Crippen LogP contribution >= 0.6 is 0 Å². The van der Waals surface area contributed by atoms with Gasteiger partial charge in [0.25, 0.3) is 0 Å². The van der Waals surface area contributed by atoms with Crippen LogP contribution < -0.4 is 0 Å². The first-order valence-electron chi connectivity index (χ1n) is 8.45. The van der Waals surface area contributed by atoms with Crippen molar-refractivity contribution >= 4 is 11.6 Å². The van der Waals surface area contributed by atoms with Crippen LogP contribution in [0.25, 0.3) is 28.0 Å². The van der Waals surface area contributed by atoms with Gasteiger partial charge in [0.05, 0.1) is 12.3 Å². The SMILES string of the molecule is CCOC(=O)Cc1nnc2ccc(-c3c[nH]nc3-c3ccc(F)cc3)cn12. The first kappa shape index (κ1) is 16.9. The van der Waals surface area contributed by atoms with E-state index in [9.17, 15) is 9.18 Å². The molecule has 0 saturated heterocycles. The number of nitrogens with zero attached hydrogens (tertiary/aromatic N) is 4. The fraction of sp³-hybridized carbons (Fsp3) is 0.158. The Hall–Kier alpha value is -3.55. The number of esters is 1. The molecule has 0 bridgehead atoms. The van der Waals surface area contributed by atoms with Crippen LogP contribution in [0.1, 0.15) is 12.7 Å². The molecule has 3 heterocycles. The predicted octanol–water partition coefficient (Wildman–Crippen LogP) is 3.03. The third kappa shape index (κ3) is 3.29. The zero-order valence-electron chi connectivity index (χ0n) is 14.5. The van der Waals surface area contributed by atoms with E-state index in [1.54, 1.807) is 29.7 Å². The van der Waals surface area contributed by atoms with Gasteiger partial charge in [-0.1, -0.05) is 0 Å². The second kappa shape index (κ2) is 6.99. The highest BCUT2D eigenvalue weighted by atomic mass is 19.1. The number of aromatic nitrogens is 5. The standard InChI is InChI=1S/C19H16FN5O2/c1-2-27-18(26)9-17-23-22-16-8-5-13(11-25(16)17)15-10-21-24-19(15)12-3-6-14(20)7-4-12/h3-8,10-11H,2,9H2,1H3,(H,21,24). The summed E-state index contributed by atoms with van der Waals surface area (Å²) in [7, 11) is 0. The zero-order chi connectivity index (χ0) is 18.8. The lowest BCUT2D eigenvalue weighted by Crippen LogP contribution is -2.10. The van der Waals surface area contributed by atoms with Gasteiger partial charge in [0.2, 0.25) is 0 Å². The van der Waals surface area contributed by atoms with Gasteiger partial charge in [-0.3, -0.25) is 14.3 Å². The van der Waals surface area contributed by atoms with Gasteiger partial charge in [-0.05, 0) is 43.3 Å². The van der Waals surface area contributed by atoms with E-state index in [2.05, 4.69) is 20.4 Å². The number of rotatable bonds is 5. The summed E-state index contributed by atoms with van der Waals surface area (Å²) in [5.74, 6) is -0.157. The number of carbonyl (C=O) groups excluding carboxylic acids is 1. The first-order valence-corrected chi connectivity index (χ1v) is 8.45. The minimum absolute atomic E-state index is 0.0364. The van der Waals surface area contributed by atoms with Crippen molar-refractivity contribution in [3.63, 3.8) is 0 Å². The predicted molar refractivity (Wildman–Crippen MR) is 96.3 cm³/mol. The van der Waals surface area contributed by atoms with E-state index in [1.807, 2.05) is 18.3 Å². The molecule has 0 radical (unpaired) electrons. The maximum atomic E-state index is 13.2. The van der Waals surface area contributed by atoms with Crippen molar-refractivity contribution in [2.75, 3.05) is 6.61 Å². The smallest absolute Gasteiger partial charge is 0.313 e. The number of hydrogen-bond acceptors (Lipinski definition) is 5. The summed E-state index contributed by atoms with van der Waals surface area (Å²) >= 11 is 0. The number of aromatic amines is 1. The van der Waals surface area contributed by atoms with Crippen molar-refractivity contribution in [2.45, 2.75) is 13.3 Å². The number of hydrogen-bond donors (Lipinski definition) is 1. The van der Waals surface area contributed by atoms with Gasteiger partial charge in [-0.2, -0.15) is 5.10 Å². The number of halogens is 1. The molecule has 8 heteroatoms. The van der Waals surface area contributed by atoms with Gasteiger partial charge in [-0.15, -0.1) is 10.2 Å². The molecule has 0 aliphatic carbocycles. The lowest BCUT2D eigenvalue weighted by atomic mass is 10.0. The minimum atomic E-state index is -0.354. The lowest BCUT2D eigenvalue weighted by Gasteiger charge is -2.05. The van der Waals surface area contributed by atoms with Gasteiger partial charge in [-0.25, -0.2) is 4.39 Å². The topological polar surface area (TPSA) is 85.2 Å². The summed E-state index contributed by atoms with van der Waals surface area (Å²) in [6, 6.07) is 9.87.